The monoisotopic (exact) mass is 179 g/mol. The number of aliphatic hydroxyl groups is 1. The van der Waals surface area contributed by atoms with Crippen molar-refractivity contribution in [3.05, 3.63) is 0 Å². The number of aliphatic hydroxyl groups excluding tert-OH is 1. The summed E-state index contributed by atoms with van der Waals surface area (Å²) in [5.74, 6) is 1.00. The van der Waals surface area contributed by atoms with Crippen molar-refractivity contribution in [1.29, 1.82) is 0 Å². The van der Waals surface area contributed by atoms with E-state index in [9.17, 15) is 0 Å². The Morgan fingerprint density at radius 2 is 1.82 bits per heavy atom. The predicted molar refractivity (Wildman–Crippen MR) is 56.5 cm³/mol. The molecule has 0 bridgehead atoms. The lowest BCUT2D eigenvalue weighted by Crippen LogP contribution is -2.11. The van der Waals surface area contributed by atoms with Crippen LogP contribution in [0.3, 0.4) is 0 Å². The lowest BCUT2D eigenvalue weighted by Gasteiger charge is -2.16. The van der Waals surface area contributed by atoms with Gasteiger partial charge in [-0.05, 0) is 7.05 Å². The van der Waals surface area contributed by atoms with E-state index < -0.39 is 0 Å². The van der Waals surface area contributed by atoms with Crippen LogP contribution >= 0.6 is 10.7 Å². The largest absolute Gasteiger partial charge is 0.361 e. The maximum atomic E-state index is 8.67. The molecule has 0 spiro atoms. The Morgan fingerprint density at radius 3 is 1.91 bits per heavy atom. The van der Waals surface area contributed by atoms with Gasteiger partial charge in [-0.15, -0.1) is 0 Å². The van der Waals surface area contributed by atoms with E-state index in [1.54, 1.807) is 0 Å². The highest BCUT2D eigenvalue weighted by atomic mass is 32.2. The molecule has 0 aromatic heterocycles. The highest BCUT2D eigenvalue weighted by molar-refractivity contribution is 8.12. The zero-order valence-electron chi connectivity index (χ0n) is 8.29. The normalized spacial score (nSPS) is 12.6. The van der Waals surface area contributed by atoms with Gasteiger partial charge < -0.3 is 5.11 Å². The van der Waals surface area contributed by atoms with E-state index >= 15 is 0 Å². The van der Waals surface area contributed by atoms with Gasteiger partial charge in [0.2, 0.25) is 0 Å². The van der Waals surface area contributed by atoms with E-state index in [-0.39, 0.29) is 10.7 Å². The molecule has 0 saturated heterocycles. The van der Waals surface area contributed by atoms with Gasteiger partial charge in [-0.25, -0.2) is 0 Å². The molecular weight excluding hydrogens is 158 g/mol. The van der Waals surface area contributed by atoms with Crippen LogP contribution in [0, 0.1) is 0 Å². The molecule has 0 fully saturated rings. The molecule has 0 amide bonds. The van der Waals surface area contributed by atoms with Crippen molar-refractivity contribution in [2.75, 3.05) is 19.3 Å². The second-order valence-corrected chi connectivity index (χ2v) is 3.95. The number of hydrogen-bond acceptors (Lipinski definition) is 1. The number of rotatable bonds is 3. The van der Waals surface area contributed by atoms with Crippen molar-refractivity contribution >= 4 is 16.2 Å². The Labute approximate surface area is 73.3 Å². The van der Waals surface area contributed by atoms with Crippen LogP contribution in [0.1, 0.15) is 27.7 Å². The summed E-state index contributed by atoms with van der Waals surface area (Å²) in [5, 5.41) is 8.67. The van der Waals surface area contributed by atoms with Crippen LogP contribution in [-0.4, -0.2) is 34.3 Å². The Bertz CT molecular complexity index is 104. The first-order valence-electron chi connectivity index (χ1n) is 4.14. The summed E-state index contributed by atoms with van der Waals surface area (Å²) >= 11 is 0. The van der Waals surface area contributed by atoms with Crippen LogP contribution in [0.15, 0.2) is 0 Å². The van der Waals surface area contributed by atoms with E-state index in [1.165, 1.54) is 5.55 Å². The maximum absolute atomic E-state index is 8.67. The average molecular weight is 179 g/mol. The highest BCUT2D eigenvalue weighted by Crippen LogP contribution is 2.13. The summed E-state index contributed by atoms with van der Waals surface area (Å²) < 4.78 is 2.12. The summed E-state index contributed by atoms with van der Waals surface area (Å²) in [6.07, 6.45) is 0. The molecule has 0 aromatic carbocycles. The fourth-order valence-electron chi connectivity index (χ4n) is 0.541. The van der Waals surface area contributed by atoms with Gasteiger partial charge in [-0.2, -0.15) is 0 Å². The third-order valence-electron chi connectivity index (χ3n) is 1.26. The average Bonchev–Trinajstić information content (AvgIpc) is 2.10. The van der Waals surface area contributed by atoms with Gasteiger partial charge in [-0.1, -0.05) is 38.4 Å². The third-order valence-corrected chi connectivity index (χ3v) is 3.16. The van der Waals surface area contributed by atoms with E-state index in [1.807, 2.05) is 20.9 Å². The molecule has 0 saturated carbocycles. The molecule has 0 rings (SSSR count). The molecule has 3 heteroatoms. The van der Waals surface area contributed by atoms with Crippen molar-refractivity contribution in [3.8, 4) is 0 Å². The van der Waals surface area contributed by atoms with Gasteiger partial charge in [0.25, 0.3) is 0 Å². The van der Waals surface area contributed by atoms with Gasteiger partial charge in [0.1, 0.15) is 0 Å². The van der Waals surface area contributed by atoms with Crippen molar-refractivity contribution in [3.63, 3.8) is 0 Å². The van der Waals surface area contributed by atoms with E-state index in [0.717, 1.165) is 12.3 Å². The minimum atomic E-state index is -0.0193. The zero-order valence-corrected chi connectivity index (χ0v) is 9.11. The molecule has 1 atom stereocenters. The topological polar surface area (TPSA) is 23.5 Å². The second kappa shape index (κ2) is 10.1. The van der Waals surface area contributed by atoms with Gasteiger partial charge in [0, 0.05) is 12.3 Å². The third kappa shape index (κ3) is 6.53. The molecule has 0 aliphatic rings. The van der Waals surface area contributed by atoms with Crippen LogP contribution in [-0.2, 0) is 0 Å². The first-order valence-corrected chi connectivity index (χ1v) is 5.56. The summed E-state index contributed by atoms with van der Waals surface area (Å²) in [4.78, 5) is 0. The SMILES string of the molecule is CC.CCN(C)S(=CO)CC. The fourth-order valence-corrected chi connectivity index (χ4v) is 1.62. The van der Waals surface area contributed by atoms with Crippen LogP contribution < -0.4 is 0 Å². The Kier molecular flexibility index (Phi) is 12.6. The van der Waals surface area contributed by atoms with Crippen LogP contribution in [0.2, 0.25) is 0 Å². The number of nitrogens with zero attached hydrogens (tertiary/aromatic N) is 1. The van der Waals surface area contributed by atoms with E-state index in [0.29, 0.717) is 0 Å². The Morgan fingerprint density at radius 1 is 1.36 bits per heavy atom. The Hall–Kier alpha value is 0.140. The predicted octanol–water partition coefficient (Wildman–Crippen LogP) is 2.49. The summed E-state index contributed by atoms with van der Waals surface area (Å²) in [5.41, 5.74) is 1.28. The zero-order chi connectivity index (χ0) is 9.28. The molecule has 11 heavy (non-hydrogen) atoms. The quantitative estimate of drug-likeness (QED) is 0.673. The molecule has 1 unspecified atom stereocenters. The molecule has 0 aromatic rings. The number of hydrogen-bond donors (Lipinski definition) is 1. The molecule has 0 radical (unpaired) electrons. The minimum Gasteiger partial charge on any atom is -0.361 e. The van der Waals surface area contributed by atoms with Crippen molar-refractivity contribution in [1.82, 2.24) is 4.31 Å². The molecule has 0 aliphatic carbocycles. The Balaban J connectivity index is 0. The van der Waals surface area contributed by atoms with Gasteiger partial charge in [-0.3, -0.25) is 4.31 Å². The van der Waals surface area contributed by atoms with Gasteiger partial charge in [0.15, 0.2) is 0 Å². The molecule has 0 heterocycles. The smallest absolute Gasteiger partial charge is 0.0724 e. The van der Waals surface area contributed by atoms with Crippen molar-refractivity contribution < 1.29 is 5.11 Å². The second-order valence-electron chi connectivity index (χ2n) is 1.74. The van der Waals surface area contributed by atoms with Crippen LogP contribution in [0.25, 0.3) is 0 Å². The van der Waals surface area contributed by atoms with Gasteiger partial charge >= 0.3 is 0 Å². The van der Waals surface area contributed by atoms with Gasteiger partial charge in [0.05, 0.1) is 5.55 Å². The molecule has 70 valence electrons. The maximum Gasteiger partial charge on any atom is 0.0724 e. The lowest BCUT2D eigenvalue weighted by molar-refractivity contribution is 0.578. The summed E-state index contributed by atoms with van der Waals surface area (Å²) in [7, 11) is 1.99. The minimum absolute atomic E-state index is 0.0193. The summed E-state index contributed by atoms with van der Waals surface area (Å²) in [6, 6.07) is 0. The fraction of sp³-hybridized carbons (Fsp3) is 0.875. The van der Waals surface area contributed by atoms with E-state index in [4.69, 9.17) is 5.11 Å². The van der Waals surface area contributed by atoms with Crippen LogP contribution in [0.4, 0.5) is 0 Å². The van der Waals surface area contributed by atoms with Crippen molar-refractivity contribution in [2.24, 2.45) is 0 Å². The van der Waals surface area contributed by atoms with Crippen molar-refractivity contribution in [2.45, 2.75) is 27.7 Å². The lowest BCUT2D eigenvalue weighted by atomic mass is 10.8. The first-order chi connectivity index (χ1) is 5.26. The molecular formula is C8H21NOS. The standard InChI is InChI=1S/C6H15NOS.C2H6/c1-4-7(3)9(5-2)6-8;1-2/h6,8H,4-5H2,1-3H3;1-2H3. The molecule has 0 aliphatic heterocycles. The highest BCUT2D eigenvalue weighted by Gasteiger charge is 1.95. The summed E-state index contributed by atoms with van der Waals surface area (Å²) in [6.45, 7) is 9.15. The molecule has 1 N–H and O–H groups in total. The van der Waals surface area contributed by atoms with Crippen LogP contribution in [0.5, 0.6) is 0 Å². The molecule has 2 nitrogen and oxygen atoms in total. The first kappa shape index (κ1) is 13.7. The van der Waals surface area contributed by atoms with E-state index in [2.05, 4.69) is 18.2 Å².